The number of nitrogens with zero attached hydrogens (tertiary/aromatic N) is 1. The highest BCUT2D eigenvalue weighted by Crippen LogP contribution is 2.38. The average Bonchev–Trinajstić information content (AvgIpc) is 2.71. The number of benzene rings is 1. The van der Waals surface area contributed by atoms with Gasteiger partial charge >= 0.3 is 0 Å². The Balaban J connectivity index is 2.47. The van der Waals surface area contributed by atoms with Crippen molar-refractivity contribution in [1.82, 2.24) is 0 Å². The largest absolute Gasteiger partial charge is 0.506 e. The summed E-state index contributed by atoms with van der Waals surface area (Å²) >= 11 is 4.86. The molecule has 0 saturated heterocycles. The lowest BCUT2D eigenvalue weighted by Gasteiger charge is -2.01. The van der Waals surface area contributed by atoms with Gasteiger partial charge in [0.1, 0.15) is 5.75 Å². The summed E-state index contributed by atoms with van der Waals surface area (Å²) < 4.78 is 1.01. The molecule has 1 aromatic heterocycles. The molecule has 17 heavy (non-hydrogen) atoms. The second kappa shape index (κ2) is 4.89. The van der Waals surface area contributed by atoms with Gasteiger partial charge in [0, 0.05) is 9.85 Å². The Hall–Kier alpha value is -1.33. The number of halogens is 1. The maximum absolute atomic E-state index is 10.1. The van der Waals surface area contributed by atoms with Crippen molar-refractivity contribution < 1.29 is 5.11 Å². The van der Waals surface area contributed by atoms with E-state index in [1.165, 1.54) is 11.3 Å². The number of aromatic hydroxyl groups is 1. The molecule has 0 bridgehead atoms. The molecule has 0 aliphatic rings. The second-order valence-corrected chi connectivity index (χ2v) is 5.34. The van der Waals surface area contributed by atoms with E-state index in [2.05, 4.69) is 21.0 Å². The Bertz CT molecular complexity index is 560. The second-order valence-electron chi connectivity index (χ2n) is 3.55. The fourth-order valence-corrected chi connectivity index (χ4v) is 2.76. The predicted molar refractivity (Wildman–Crippen MR) is 75.5 cm³/mol. The molecule has 0 amide bonds. The molecule has 3 nitrogen and oxygen atoms in total. The third kappa shape index (κ3) is 2.35. The fraction of sp³-hybridized carbons (Fsp3) is 0.0833. The smallest absolute Gasteiger partial charge is 0.143 e. The molecule has 0 aliphatic carbocycles. The van der Waals surface area contributed by atoms with Crippen LogP contribution in [0.4, 0.5) is 0 Å². The molecule has 1 aromatic carbocycles. The molecule has 3 N–H and O–H groups in total. The van der Waals surface area contributed by atoms with Crippen molar-refractivity contribution in [1.29, 1.82) is 0 Å². The van der Waals surface area contributed by atoms with E-state index in [1.54, 1.807) is 6.92 Å². The highest BCUT2D eigenvalue weighted by Gasteiger charge is 2.14. The number of thiophene rings is 1. The molecule has 2 rings (SSSR count). The zero-order chi connectivity index (χ0) is 12.4. The van der Waals surface area contributed by atoms with E-state index in [0.29, 0.717) is 11.3 Å². The Morgan fingerprint density at radius 1 is 1.35 bits per heavy atom. The first-order chi connectivity index (χ1) is 8.13. The minimum atomic E-state index is 0.240. The standard InChI is InChI=1S/C12H11BrN2OS/c1-7(15-14)10-6-17-12(11(10)16)8-2-4-9(13)5-3-8/h2-6,16H,14H2,1H3. The lowest BCUT2D eigenvalue weighted by atomic mass is 10.1. The highest BCUT2D eigenvalue weighted by molar-refractivity contribution is 9.10. The molecule has 0 aliphatic heterocycles. The SMILES string of the molecule is CC(=NN)c1csc(-c2ccc(Br)cc2)c1O. The lowest BCUT2D eigenvalue weighted by molar-refractivity contribution is 0.478. The van der Waals surface area contributed by atoms with Gasteiger partial charge in [0.25, 0.3) is 0 Å². The first kappa shape index (κ1) is 12.1. The molecule has 5 heteroatoms. The van der Waals surface area contributed by atoms with Gasteiger partial charge in [-0.1, -0.05) is 28.1 Å². The van der Waals surface area contributed by atoms with Gasteiger partial charge in [-0.2, -0.15) is 5.10 Å². The van der Waals surface area contributed by atoms with Crippen molar-refractivity contribution in [2.45, 2.75) is 6.92 Å². The zero-order valence-corrected chi connectivity index (χ0v) is 11.5. The van der Waals surface area contributed by atoms with E-state index in [1.807, 2.05) is 29.6 Å². The van der Waals surface area contributed by atoms with Gasteiger partial charge in [0.2, 0.25) is 0 Å². The van der Waals surface area contributed by atoms with Crippen LogP contribution < -0.4 is 5.84 Å². The number of nitrogens with two attached hydrogens (primary N) is 1. The maximum Gasteiger partial charge on any atom is 0.143 e. The Kier molecular flexibility index (Phi) is 3.49. The van der Waals surface area contributed by atoms with Crippen molar-refractivity contribution >= 4 is 33.0 Å². The summed E-state index contributed by atoms with van der Waals surface area (Å²) in [5, 5.41) is 15.6. The fourth-order valence-electron chi connectivity index (χ4n) is 1.48. The zero-order valence-electron chi connectivity index (χ0n) is 9.14. The lowest BCUT2D eigenvalue weighted by Crippen LogP contribution is -1.96. The van der Waals surface area contributed by atoms with Crippen molar-refractivity contribution in [3.63, 3.8) is 0 Å². The third-order valence-electron chi connectivity index (χ3n) is 2.45. The van der Waals surface area contributed by atoms with E-state index in [0.717, 1.165) is 14.9 Å². The van der Waals surface area contributed by atoms with Crippen LogP contribution >= 0.6 is 27.3 Å². The van der Waals surface area contributed by atoms with Crippen LogP contribution in [0.15, 0.2) is 39.2 Å². The molecular weight excluding hydrogens is 300 g/mol. The minimum Gasteiger partial charge on any atom is -0.506 e. The summed E-state index contributed by atoms with van der Waals surface area (Å²) in [4.78, 5) is 0.829. The molecule has 2 aromatic rings. The number of hydrazone groups is 1. The van der Waals surface area contributed by atoms with Crippen LogP contribution in [0.25, 0.3) is 10.4 Å². The monoisotopic (exact) mass is 310 g/mol. The van der Waals surface area contributed by atoms with Crippen molar-refractivity contribution in [3.8, 4) is 16.2 Å². The van der Waals surface area contributed by atoms with Crippen molar-refractivity contribution in [2.75, 3.05) is 0 Å². The molecule has 1 heterocycles. The van der Waals surface area contributed by atoms with E-state index in [9.17, 15) is 5.11 Å². The van der Waals surface area contributed by atoms with Gasteiger partial charge in [0.05, 0.1) is 16.2 Å². The van der Waals surface area contributed by atoms with E-state index in [-0.39, 0.29) is 5.75 Å². The normalized spacial score (nSPS) is 11.8. The molecule has 88 valence electrons. The van der Waals surface area contributed by atoms with Crippen LogP contribution in [0.1, 0.15) is 12.5 Å². The van der Waals surface area contributed by atoms with Crippen LogP contribution in [0, 0.1) is 0 Å². The van der Waals surface area contributed by atoms with E-state index >= 15 is 0 Å². The van der Waals surface area contributed by atoms with Gasteiger partial charge in [-0.25, -0.2) is 0 Å². The van der Waals surface area contributed by atoms with E-state index < -0.39 is 0 Å². The first-order valence-corrected chi connectivity index (χ1v) is 6.62. The molecule has 0 fully saturated rings. The van der Waals surface area contributed by atoms with Crippen LogP contribution in [-0.4, -0.2) is 10.8 Å². The van der Waals surface area contributed by atoms with Gasteiger partial charge in [-0.05, 0) is 24.6 Å². The summed E-state index contributed by atoms with van der Waals surface area (Å²) in [6, 6.07) is 7.79. The number of rotatable bonds is 2. The summed E-state index contributed by atoms with van der Waals surface area (Å²) in [5.41, 5.74) is 2.30. The van der Waals surface area contributed by atoms with Gasteiger partial charge < -0.3 is 10.9 Å². The Labute approximate surface area is 112 Å². The van der Waals surface area contributed by atoms with Crippen LogP contribution in [0.3, 0.4) is 0 Å². The number of hydrogen-bond donors (Lipinski definition) is 2. The first-order valence-electron chi connectivity index (χ1n) is 4.94. The molecule has 0 atom stereocenters. The highest BCUT2D eigenvalue weighted by atomic mass is 79.9. The minimum absolute atomic E-state index is 0.240. The van der Waals surface area contributed by atoms with Crippen LogP contribution in [0.5, 0.6) is 5.75 Å². The van der Waals surface area contributed by atoms with Crippen molar-refractivity contribution in [2.24, 2.45) is 10.9 Å². The third-order valence-corrected chi connectivity index (χ3v) is 4.00. The Morgan fingerprint density at radius 3 is 2.59 bits per heavy atom. The van der Waals surface area contributed by atoms with Crippen molar-refractivity contribution in [3.05, 3.63) is 39.7 Å². The maximum atomic E-state index is 10.1. The molecule has 0 spiro atoms. The molecular formula is C12H11BrN2OS. The quantitative estimate of drug-likeness (QED) is 0.506. The van der Waals surface area contributed by atoms with Crippen LogP contribution in [0.2, 0.25) is 0 Å². The summed E-state index contributed by atoms with van der Waals surface area (Å²) in [7, 11) is 0. The van der Waals surface area contributed by atoms with Gasteiger partial charge in [-0.3, -0.25) is 0 Å². The molecule has 0 unspecified atom stereocenters. The van der Waals surface area contributed by atoms with Gasteiger partial charge in [-0.15, -0.1) is 11.3 Å². The number of hydrogen-bond acceptors (Lipinski definition) is 4. The average molecular weight is 311 g/mol. The van der Waals surface area contributed by atoms with E-state index in [4.69, 9.17) is 5.84 Å². The summed E-state index contributed by atoms with van der Waals surface area (Å²) in [6.07, 6.45) is 0. The molecule has 0 saturated carbocycles. The summed E-state index contributed by atoms with van der Waals surface area (Å²) in [5.74, 6) is 5.46. The topological polar surface area (TPSA) is 58.6 Å². The molecule has 0 radical (unpaired) electrons. The summed E-state index contributed by atoms with van der Waals surface area (Å²) in [6.45, 7) is 1.77. The van der Waals surface area contributed by atoms with Gasteiger partial charge in [0.15, 0.2) is 0 Å². The Morgan fingerprint density at radius 2 is 2.00 bits per heavy atom. The predicted octanol–water partition coefficient (Wildman–Crippen LogP) is 3.57. The van der Waals surface area contributed by atoms with Crippen LogP contribution in [-0.2, 0) is 0 Å².